The fourth-order valence-corrected chi connectivity index (χ4v) is 4.64. The molecule has 1 saturated heterocycles. The molecule has 2 atom stereocenters. The van der Waals surface area contributed by atoms with E-state index in [1.54, 1.807) is 30.3 Å². The maximum absolute atomic E-state index is 14.9. The molecular formula is C24H25FN4O3. The molecule has 1 fully saturated rings. The predicted octanol–water partition coefficient (Wildman–Crippen LogP) is 3.01. The van der Waals surface area contributed by atoms with E-state index in [9.17, 15) is 14.4 Å². The van der Waals surface area contributed by atoms with Gasteiger partial charge in [-0.3, -0.25) is 9.79 Å². The Kier molecular flexibility index (Phi) is 5.61. The summed E-state index contributed by atoms with van der Waals surface area (Å²) in [5.41, 5.74) is 5.41. The first-order valence-corrected chi connectivity index (χ1v) is 10.5. The monoisotopic (exact) mass is 436 g/mol. The Hall–Kier alpha value is -3.44. The minimum absolute atomic E-state index is 0.0481. The van der Waals surface area contributed by atoms with Crippen LogP contribution < -0.4 is 15.8 Å². The Morgan fingerprint density at radius 1 is 1.34 bits per heavy atom. The number of benzene rings is 2. The maximum Gasteiger partial charge on any atom is 0.189 e. The lowest BCUT2D eigenvalue weighted by molar-refractivity contribution is -0.134. The van der Waals surface area contributed by atoms with Crippen LogP contribution >= 0.6 is 0 Å². The van der Waals surface area contributed by atoms with Crippen molar-refractivity contribution in [3.8, 4) is 22.9 Å². The first kappa shape index (κ1) is 21.8. The van der Waals surface area contributed by atoms with Gasteiger partial charge in [0, 0.05) is 31.2 Å². The van der Waals surface area contributed by atoms with Crippen LogP contribution in [-0.4, -0.2) is 37.6 Å². The van der Waals surface area contributed by atoms with Gasteiger partial charge in [-0.2, -0.15) is 5.26 Å². The van der Waals surface area contributed by atoms with Crippen molar-refractivity contribution in [2.24, 2.45) is 10.7 Å². The molecule has 1 spiro atoms. The first-order chi connectivity index (χ1) is 15.3. The number of rotatable bonds is 3. The van der Waals surface area contributed by atoms with Crippen LogP contribution in [0, 0.1) is 17.1 Å². The number of halogens is 1. The predicted molar refractivity (Wildman–Crippen MR) is 118 cm³/mol. The maximum atomic E-state index is 14.9. The molecule has 7 nitrogen and oxygen atoms in total. The molecule has 8 heteroatoms. The molecule has 0 bridgehead atoms. The molecule has 0 radical (unpaired) electrons. The molecule has 2 unspecified atom stereocenters. The van der Waals surface area contributed by atoms with E-state index in [0.29, 0.717) is 36.5 Å². The van der Waals surface area contributed by atoms with E-state index in [2.05, 4.69) is 10.3 Å². The number of ether oxygens (including phenoxy) is 2. The third-order valence-corrected chi connectivity index (χ3v) is 6.25. The van der Waals surface area contributed by atoms with Crippen LogP contribution in [-0.2, 0) is 15.1 Å². The van der Waals surface area contributed by atoms with Gasteiger partial charge in [0.2, 0.25) is 0 Å². The van der Waals surface area contributed by atoms with Gasteiger partial charge in [-0.1, -0.05) is 18.2 Å². The quantitative estimate of drug-likeness (QED) is 0.565. The van der Waals surface area contributed by atoms with E-state index < -0.39 is 17.0 Å². The van der Waals surface area contributed by atoms with Gasteiger partial charge in [-0.15, -0.1) is 0 Å². The molecule has 2 heterocycles. The molecule has 0 aromatic heterocycles. The normalized spacial score (nSPS) is 24.9. The lowest BCUT2D eigenvalue weighted by Gasteiger charge is -2.49. The summed E-state index contributed by atoms with van der Waals surface area (Å²) in [5.74, 6) is -0.154. The average molecular weight is 436 g/mol. The number of carbonyl (C=O) groups is 1. The lowest BCUT2D eigenvalue weighted by Crippen LogP contribution is -2.62. The topological polar surface area (TPSA) is 110 Å². The van der Waals surface area contributed by atoms with Crippen molar-refractivity contribution in [1.82, 2.24) is 5.32 Å². The van der Waals surface area contributed by atoms with Crippen molar-refractivity contribution in [3.63, 3.8) is 0 Å². The smallest absolute Gasteiger partial charge is 0.189 e. The van der Waals surface area contributed by atoms with E-state index in [-0.39, 0.29) is 22.9 Å². The van der Waals surface area contributed by atoms with Gasteiger partial charge >= 0.3 is 0 Å². The zero-order valence-electron chi connectivity index (χ0n) is 18.1. The van der Waals surface area contributed by atoms with Crippen molar-refractivity contribution < 1.29 is 18.7 Å². The van der Waals surface area contributed by atoms with Gasteiger partial charge < -0.3 is 20.5 Å². The van der Waals surface area contributed by atoms with Crippen molar-refractivity contribution in [2.45, 2.75) is 37.3 Å². The molecule has 2 aliphatic rings. The molecule has 4 rings (SSSR count). The van der Waals surface area contributed by atoms with Crippen molar-refractivity contribution in [3.05, 3.63) is 53.3 Å². The van der Waals surface area contributed by atoms with Crippen LogP contribution in [0.25, 0.3) is 11.1 Å². The number of hydrogen-bond donors (Lipinski definition) is 2. The number of nitrogens with two attached hydrogens (primary N) is 1. The van der Waals surface area contributed by atoms with Crippen molar-refractivity contribution in [2.75, 3.05) is 20.3 Å². The molecule has 32 heavy (non-hydrogen) atoms. The Morgan fingerprint density at radius 2 is 2.16 bits per heavy atom. The second-order valence-corrected chi connectivity index (χ2v) is 8.30. The summed E-state index contributed by atoms with van der Waals surface area (Å²) in [6, 6.07) is 11.7. The Bertz CT molecular complexity index is 1130. The zero-order valence-corrected chi connectivity index (χ0v) is 18.1. The number of aliphatic imine (C=N–C) groups is 1. The minimum Gasteiger partial charge on any atom is -0.484 e. The van der Waals surface area contributed by atoms with Crippen LogP contribution in [0.4, 0.5) is 4.39 Å². The third-order valence-electron chi connectivity index (χ3n) is 6.25. The van der Waals surface area contributed by atoms with Crippen LogP contribution in [0.1, 0.15) is 37.3 Å². The van der Waals surface area contributed by atoms with Gasteiger partial charge in [-0.25, -0.2) is 4.39 Å². The fourth-order valence-electron chi connectivity index (χ4n) is 4.64. The second kappa shape index (κ2) is 8.24. The van der Waals surface area contributed by atoms with Gasteiger partial charge in [-0.05, 0) is 43.5 Å². The summed E-state index contributed by atoms with van der Waals surface area (Å²) in [5, 5.41) is 12.3. The second-order valence-electron chi connectivity index (χ2n) is 8.30. The van der Waals surface area contributed by atoms with Crippen LogP contribution in [0.5, 0.6) is 5.75 Å². The highest BCUT2D eigenvalue weighted by Gasteiger charge is 2.53. The van der Waals surface area contributed by atoms with E-state index >= 15 is 0 Å². The summed E-state index contributed by atoms with van der Waals surface area (Å²) < 4.78 is 27.0. The molecular weight excluding hydrogens is 411 g/mol. The van der Waals surface area contributed by atoms with E-state index in [1.807, 2.05) is 6.07 Å². The standard InChI is InChI=1S/C24H25FN4O3/c1-15(30)24(29-22(27)28-2)13-23(9-4-10-31-14-23)32-20-8-7-16(11-19(20)24)18-6-3-5-17(12-26)21(18)25/h3,5-8,11H,4,9-10,13-14H2,1-2H3,(H3,27,28,29). The highest BCUT2D eigenvalue weighted by atomic mass is 19.1. The minimum atomic E-state index is -1.22. The number of nitriles is 1. The lowest BCUT2D eigenvalue weighted by atomic mass is 9.72. The first-order valence-electron chi connectivity index (χ1n) is 10.5. The van der Waals surface area contributed by atoms with E-state index in [4.69, 9.17) is 15.2 Å². The third kappa shape index (κ3) is 3.59. The van der Waals surface area contributed by atoms with E-state index in [1.165, 1.54) is 20.0 Å². The Morgan fingerprint density at radius 3 is 2.81 bits per heavy atom. The largest absolute Gasteiger partial charge is 0.484 e. The van der Waals surface area contributed by atoms with Gasteiger partial charge in [0.25, 0.3) is 0 Å². The molecule has 0 saturated carbocycles. The molecule has 2 aliphatic heterocycles. The number of fused-ring (bicyclic) bond motifs is 1. The van der Waals surface area contributed by atoms with Crippen LogP contribution in [0.2, 0.25) is 0 Å². The molecule has 0 amide bonds. The summed E-state index contributed by atoms with van der Waals surface area (Å²) in [6.45, 7) is 2.49. The number of Topliss-reactive ketones (excluding diaryl/α,β-unsaturated/α-hetero) is 1. The number of ketones is 1. The Balaban J connectivity index is 1.92. The number of guanidine groups is 1. The summed E-state index contributed by atoms with van der Waals surface area (Å²) in [6.07, 6.45) is 1.83. The highest BCUT2D eigenvalue weighted by Crippen LogP contribution is 2.48. The van der Waals surface area contributed by atoms with Crippen LogP contribution in [0.15, 0.2) is 41.4 Å². The van der Waals surface area contributed by atoms with Crippen LogP contribution in [0.3, 0.4) is 0 Å². The number of nitrogens with zero attached hydrogens (tertiary/aromatic N) is 2. The van der Waals surface area contributed by atoms with Gasteiger partial charge in [0.15, 0.2) is 11.7 Å². The summed E-state index contributed by atoms with van der Waals surface area (Å²) in [4.78, 5) is 17.2. The number of carbonyl (C=O) groups excluding carboxylic acids is 1. The van der Waals surface area contributed by atoms with Gasteiger partial charge in [0.05, 0.1) is 12.2 Å². The summed E-state index contributed by atoms with van der Waals surface area (Å²) in [7, 11) is 1.54. The molecule has 3 N–H and O–H groups in total. The Labute approximate surface area is 186 Å². The van der Waals surface area contributed by atoms with Crippen molar-refractivity contribution >= 4 is 11.7 Å². The van der Waals surface area contributed by atoms with Gasteiger partial charge in [0.1, 0.15) is 28.8 Å². The molecule has 2 aromatic rings. The zero-order chi connectivity index (χ0) is 22.9. The van der Waals surface area contributed by atoms with Crippen molar-refractivity contribution in [1.29, 1.82) is 5.26 Å². The average Bonchev–Trinajstić information content (AvgIpc) is 2.79. The summed E-state index contributed by atoms with van der Waals surface area (Å²) >= 11 is 0. The molecule has 166 valence electrons. The highest BCUT2D eigenvalue weighted by molar-refractivity contribution is 5.94. The molecule has 2 aromatic carbocycles. The fraction of sp³-hybridized carbons (Fsp3) is 0.375. The number of hydrogen-bond acceptors (Lipinski definition) is 5. The molecule has 0 aliphatic carbocycles. The number of nitrogens with one attached hydrogen (secondary N) is 1. The SMILES string of the molecule is CN=C(N)NC1(C(C)=O)CC2(CCCOC2)Oc2ccc(-c3cccc(C#N)c3F)cc21. The van der Waals surface area contributed by atoms with E-state index in [0.717, 1.165) is 12.8 Å².